The Morgan fingerprint density at radius 3 is 2.53 bits per heavy atom. The van der Waals surface area contributed by atoms with E-state index in [1.807, 2.05) is 0 Å². The molecule has 0 amide bonds. The van der Waals surface area contributed by atoms with Crippen molar-refractivity contribution in [2.24, 2.45) is 0 Å². The molecule has 0 fully saturated rings. The summed E-state index contributed by atoms with van der Waals surface area (Å²) in [5.74, 6) is 0. The molecule has 0 bridgehead atoms. The van der Waals surface area contributed by atoms with E-state index < -0.39 is 0 Å². The molecule has 1 aliphatic rings. The van der Waals surface area contributed by atoms with Crippen molar-refractivity contribution in [1.29, 1.82) is 0 Å². The Labute approximate surface area is 101 Å². The summed E-state index contributed by atoms with van der Waals surface area (Å²) >= 11 is 3.61. The van der Waals surface area contributed by atoms with E-state index in [0.717, 1.165) is 19.3 Å². The summed E-state index contributed by atoms with van der Waals surface area (Å²) in [4.78, 5) is 0. The molecule has 1 rings (SSSR count). The monoisotopic (exact) mass is 269 g/mol. The third-order valence-electron chi connectivity index (χ3n) is 2.51. The SMILES string of the molecule is C=C(C)C[C@@H]1CC=C(Br)[C@@H](CC(=C)C)N1. The first-order valence-electron chi connectivity index (χ1n) is 5.39. The van der Waals surface area contributed by atoms with Crippen molar-refractivity contribution in [3.8, 4) is 0 Å². The standard InChI is InChI=1S/C13H20BrN/c1-9(2)7-11-5-6-12(14)13(15-11)8-10(3)4/h6,11,13,15H,1,3,5,7-8H2,2,4H3/t11-,13+/m0/s1. The number of hydrogen-bond donors (Lipinski definition) is 1. The topological polar surface area (TPSA) is 12.0 Å². The molecule has 84 valence electrons. The molecular weight excluding hydrogens is 250 g/mol. The van der Waals surface area contributed by atoms with Gasteiger partial charge in [-0.3, -0.25) is 0 Å². The molecule has 0 saturated heterocycles. The zero-order valence-corrected chi connectivity index (χ0v) is 11.2. The quantitative estimate of drug-likeness (QED) is 0.763. The van der Waals surface area contributed by atoms with Crippen molar-refractivity contribution in [1.82, 2.24) is 5.32 Å². The van der Waals surface area contributed by atoms with Crippen molar-refractivity contribution in [3.05, 3.63) is 34.9 Å². The molecule has 0 unspecified atom stereocenters. The van der Waals surface area contributed by atoms with E-state index in [-0.39, 0.29) is 0 Å². The third kappa shape index (κ3) is 4.35. The van der Waals surface area contributed by atoms with Crippen LogP contribution >= 0.6 is 15.9 Å². The van der Waals surface area contributed by atoms with Crippen molar-refractivity contribution >= 4 is 15.9 Å². The largest absolute Gasteiger partial charge is 0.306 e. The van der Waals surface area contributed by atoms with Crippen LogP contribution in [0.4, 0.5) is 0 Å². The van der Waals surface area contributed by atoms with Crippen LogP contribution in [0.5, 0.6) is 0 Å². The van der Waals surface area contributed by atoms with Crippen LogP contribution in [-0.4, -0.2) is 12.1 Å². The highest BCUT2D eigenvalue weighted by Gasteiger charge is 2.21. The molecular formula is C13H20BrN. The van der Waals surface area contributed by atoms with Gasteiger partial charge in [-0.1, -0.05) is 33.2 Å². The van der Waals surface area contributed by atoms with Gasteiger partial charge in [0.2, 0.25) is 0 Å². The zero-order valence-electron chi connectivity index (χ0n) is 9.65. The number of hydrogen-bond acceptors (Lipinski definition) is 1. The predicted molar refractivity (Wildman–Crippen MR) is 71.2 cm³/mol. The highest BCUT2D eigenvalue weighted by atomic mass is 79.9. The summed E-state index contributed by atoms with van der Waals surface area (Å²) in [7, 11) is 0. The molecule has 2 heteroatoms. The molecule has 0 spiro atoms. The van der Waals surface area contributed by atoms with Gasteiger partial charge in [0.15, 0.2) is 0 Å². The lowest BCUT2D eigenvalue weighted by Crippen LogP contribution is -2.41. The molecule has 1 N–H and O–H groups in total. The van der Waals surface area contributed by atoms with E-state index in [0.29, 0.717) is 12.1 Å². The lowest BCUT2D eigenvalue weighted by molar-refractivity contribution is 0.442. The lowest BCUT2D eigenvalue weighted by atomic mass is 9.97. The Bertz CT molecular complexity index is 291. The fourth-order valence-electron chi connectivity index (χ4n) is 1.90. The highest BCUT2D eigenvalue weighted by molar-refractivity contribution is 9.11. The Hall–Kier alpha value is -0.340. The lowest BCUT2D eigenvalue weighted by Gasteiger charge is -2.30. The molecule has 0 aromatic carbocycles. The van der Waals surface area contributed by atoms with Crippen LogP contribution in [0.15, 0.2) is 34.9 Å². The van der Waals surface area contributed by atoms with Crippen LogP contribution in [-0.2, 0) is 0 Å². The van der Waals surface area contributed by atoms with Crippen molar-refractivity contribution in [3.63, 3.8) is 0 Å². The van der Waals surface area contributed by atoms with E-state index in [2.05, 4.69) is 54.3 Å². The molecule has 1 aliphatic heterocycles. The van der Waals surface area contributed by atoms with Crippen LogP contribution in [0.1, 0.15) is 33.1 Å². The number of halogens is 1. The molecule has 15 heavy (non-hydrogen) atoms. The summed E-state index contributed by atoms with van der Waals surface area (Å²) in [5, 5.41) is 3.63. The summed E-state index contributed by atoms with van der Waals surface area (Å²) in [5.41, 5.74) is 2.46. The Morgan fingerprint density at radius 1 is 1.40 bits per heavy atom. The van der Waals surface area contributed by atoms with E-state index in [1.165, 1.54) is 15.6 Å². The molecule has 2 atom stereocenters. The van der Waals surface area contributed by atoms with Crippen molar-refractivity contribution in [2.45, 2.75) is 45.2 Å². The van der Waals surface area contributed by atoms with Crippen molar-refractivity contribution in [2.75, 3.05) is 0 Å². The van der Waals surface area contributed by atoms with Crippen LogP contribution in [0.25, 0.3) is 0 Å². The van der Waals surface area contributed by atoms with Gasteiger partial charge in [-0.2, -0.15) is 0 Å². The second-order valence-corrected chi connectivity index (χ2v) is 5.48. The summed E-state index contributed by atoms with van der Waals surface area (Å²) < 4.78 is 1.27. The summed E-state index contributed by atoms with van der Waals surface area (Å²) in [6.45, 7) is 12.1. The number of nitrogens with one attached hydrogen (secondary N) is 1. The van der Waals surface area contributed by atoms with Gasteiger partial charge in [0, 0.05) is 16.6 Å². The van der Waals surface area contributed by atoms with Gasteiger partial charge in [-0.15, -0.1) is 13.2 Å². The van der Waals surface area contributed by atoms with Gasteiger partial charge < -0.3 is 5.32 Å². The molecule has 0 aliphatic carbocycles. The second-order valence-electron chi connectivity index (χ2n) is 4.56. The molecule has 0 aromatic heterocycles. The van der Waals surface area contributed by atoms with E-state index in [9.17, 15) is 0 Å². The smallest absolute Gasteiger partial charge is 0.0422 e. The maximum absolute atomic E-state index is 3.96. The Morgan fingerprint density at radius 2 is 2.00 bits per heavy atom. The first kappa shape index (κ1) is 12.7. The van der Waals surface area contributed by atoms with Crippen LogP contribution in [0.3, 0.4) is 0 Å². The number of rotatable bonds is 4. The van der Waals surface area contributed by atoms with Gasteiger partial charge in [0.05, 0.1) is 0 Å². The minimum absolute atomic E-state index is 0.403. The molecule has 0 radical (unpaired) electrons. The van der Waals surface area contributed by atoms with Crippen LogP contribution in [0.2, 0.25) is 0 Å². The normalized spacial score (nSPS) is 25.9. The molecule has 0 aromatic rings. The van der Waals surface area contributed by atoms with Gasteiger partial charge in [0.1, 0.15) is 0 Å². The minimum Gasteiger partial charge on any atom is -0.306 e. The first-order chi connectivity index (χ1) is 6.99. The van der Waals surface area contributed by atoms with E-state index >= 15 is 0 Å². The first-order valence-corrected chi connectivity index (χ1v) is 6.18. The minimum atomic E-state index is 0.403. The van der Waals surface area contributed by atoms with Gasteiger partial charge in [-0.05, 0) is 33.1 Å². The maximum Gasteiger partial charge on any atom is 0.0422 e. The predicted octanol–water partition coefficient (Wildman–Crippen LogP) is 3.93. The fraction of sp³-hybridized carbons (Fsp3) is 0.538. The van der Waals surface area contributed by atoms with Gasteiger partial charge in [-0.25, -0.2) is 0 Å². The Balaban J connectivity index is 2.57. The molecule has 0 saturated carbocycles. The maximum atomic E-state index is 3.96. The summed E-state index contributed by atoms with van der Waals surface area (Å²) in [6, 6.07) is 0.939. The zero-order chi connectivity index (χ0) is 11.4. The Kier molecular flexibility index (Phi) is 4.81. The van der Waals surface area contributed by atoms with Crippen LogP contribution in [0, 0.1) is 0 Å². The van der Waals surface area contributed by atoms with Gasteiger partial charge in [0.25, 0.3) is 0 Å². The van der Waals surface area contributed by atoms with Crippen molar-refractivity contribution < 1.29 is 0 Å². The molecule has 1 nitrogen and oxygen atoms in total. The average Bonchev–Trinajstić information content (AvgIpc) is 2.09. The third-order valence-corrected chi connectivity index (χ3v) is 3.39. The van der Waals surface area contributed by atoms with Gasteiger partial charge >= 0.3 is 0 Å². The van der Waals surface area contributed by atoms with E-state index in [1.54, 1.807) is 0 Å². The van der Waals surface area contributed by atoms with Crippen LogP contribution < -0.4 is 5.32 Å². The molecule has 1 heterocycles. The fourth-order valence-corrected chi connectivity index (χ4v) is 2.38. The highest BCUT2D eigenvalue weighted by Crippen LogP contribution is 2.25. The average molecular weight is 270 g/mol. The van der Waals surface area contributed by atoms with E-state index in [4.69, 9.17) is 0 Å². The summed E-state index contributed by atoms with van der Waals surface area (Å²) in [6.07, 6.45) is 5.42. The second kappa shape index (κ2) is 5.66.